The molecule has 0 bridgehead atoms. The van der Waals surface area contributed by atoms with Crippen LogP contribution >= 0.6 is 23.5 Å². The Labute approximate surface area is 167 Å². The molecule has 0 aliphatic heterocycles. The average molecular weight is 404 g/mol. The summed E-state index contributed by atoms with van der Waals surface area (Å²) in [4.78, 5) is 29.2. The van der Waals surface area contributed by atoms with Crippen LogP contribution in [-0.2, 0) is 9.53 Å². The minimum absolute atomic E-state index is 0.101. The molecule has 142 valence electrons. The lowest BCUT2D eigenvalue weighted by atomic mass is 10.2. The second-order valence-corrected chi connectivity index (χ2v) is 7.18. The molecule has 2 N–H and O–H groups in total. The van der Waals surface area contributed by atoms with Crippen LogP contribution in [0.5, 0.6) is 0 Å². The smallest absolute Gasteiger partial charge is 0.435 e. The molecule has 6 nitrogen and oxygen atoms in total. The van der Waals surface area contributed by atoms with Gasteiger partial charge in [0.2, 0.25) is 5.91 Å². The number of thioether (sulfide) groups is 1. The summed E-state index contributed by atoms with van der Waals surface area (Å²) in [5, 5.41) is 6.33. The fraction of sp³-hybridized carbons (Fsp3) is 0.211. The van der Waals surface area contributed by atoms with Crippen LogP contribution in [0.3, 0.4) is 0 Å². The molecule has 0 aliphatic rings. The number of ether oxygens (including phenoxy) is 1. The lowest BCUT2D eigenvalue weighted by Gasteiger charge is -2.15. The van der Waals surface area contributed by atoms with E-state index in [1.165, 1.54) is 18.9 Å². The second kappa shape index (κ2) is 10.6. The summed E-state index contributed by atoms with van der Waals surface area (Å²) in [6, 6.07) is 15.7. The summed E-state index contributed by atoms with van der Waals surface area (Å²) < 4.78 is 4.57. The van der Waals surface area contributed by atoms with Crippen molar-refractivity contribution in [3.63, 3.8) is 0 Å². The Balaban J connectivity index is 2.30. The van der Waals surface area contributed by atoms with Gasteiger partial charge in [0.1, 0.15) is 0 Å². The van der Waals surface area contributed by atoms with Crippen molar-refractivity contribution in [1.29, 1.82) is 0 Å². The van der Waals surface area contributed by atoms with Crippen LogP contribution in [-0.4, -0.2) is 30.5 Å². The van der Waals surface area contributed by atoms with E-state index in [2.05, 4.69) is 20.4 Å². The Hall–Kier alpha value is -2.45. The fourth-order valence-corrected chi connectivity index (χ4v) is 3.29. The Bertz CT molecular complexity index is 826. The number of benzene rings is 2. The summed E-state index contributed by atoms with van der Waals surface area (Å²) in [6.45, 7) is 1.79. The van der Waals surface area contributed by atoms with Crippen LogP contribution in [0.1, 0.15) is 13.3 Å². The van der Waals surface area contributed by atoms with Crippen molar-refractivity contribution >= 4 is 52.1 Å². The van der Waals surface area contributed by atoms with E-state index >= 15 is 0 Å². The van der Waals surface area contributed by atoms with Crippen LogP contribution in [0.4, 0.5) is 16.2 Å². The van der Waals surface area contributed by atoms with Crippen LogP contribution in [0.25, 0.3) is 0 Å². The first-order chi connectivity index (χ1) is 13.0. The molecule has 0 spiro atoms. The fourth-order valence-electron chi connectivity index (χ4n) is 2.03. The van der Waals surface area contributed by atoms with Crippen molar-refractivity contribution in [3.05, 3.63) is 48.5 Å². The van der Waals surface area contributed by atoms with E-state index in [0.717, 1.165) is 9.79 Å². The van der Waals surface area contributed by atoms with E-state index in [1.807, 2.05) is 48.5 Å². The number of hydrogen-bond donors (Lipinski definition) is 2. The molecule has 0 fully saturated rings. The maximum Gasteiger partial charge on any atom is 0.435 e. The topological polar surface area (TPSA) is 79.8 Å². The van der Waals surface area contributed by atoms with Crippen LogP contribution < -0.4 is 10.6 Å². The normalized spacial score (nSPS) is 11.0. The van der Waals surface area contributed by atoms with E-state index in [9.17, 15) is 9.59 Å². The molecule has 2 amide bonds. The summed E-state index contributed by atoms with van der Waals surface area (Å²) in [6.07, 6.45) is 1.46. The zero-order valence-electron chi connectivity index (χ0n) is 15.3. The van der Waals surface area contributed by atoms with Gasteiger partial charge >= 0.3 is 6.09 Å². The van der Waals surface area contributed by atoms with E-state index in [-0.39, 0.29) is 5.91 Å². The highest BCUT2D eigenvalue weighted by Crippen LogP contribution is 2.33. The van der Waals surface area contributed by atoms with Gasteiger partial charge in [-0.2, -0.15) is 4.99 Å². The number of carbonyl (C=O) groups is 2. The van der Waals surface area contributed by atoms with Crippen molar-refractivity contribution in [2.75, 3.05) is 24.0 Å². The quantitative estimate of drug-likeness (QED) is 0.535. The third kappa shape index (κ3) is 6.65. The Kier molecular flexibility index (Phi) is 8.22. The van der Waals surface area contributed by atoms with Crippen molar-refractivity contribution in [2.45, 2.75) is 23.1 Å². The number of carbonyl (C=O) groups excluding carboxylic acids is 2. The lowest BCUT2D eigenvalue weighted by Crippen LogP contribution is -2.15. The molecule has 0 saturated carbocycles. The lowest BCUT2D eigenvalue weighted by molar-refractivity contribution is -0.115. The van der Waals surface area contributed by atoms with Crippen LogP contribution in [0.2, 0.25) is 0 Å². The van der Waals surface area contributed by atoms with Gasteiger partial charge in [-0.15, -0.1) is 0 Å². The molecule has 2 aromatic carbocycles. The summed E-state index contributed by atoms with van der Waals surface area (Å²) in [5.74, 6) is -0.101. The molecule has 0 aliphatic carbocycles. The van der Waals surface area contributed by atoms with Gasteiger partial charge in [0.25, 0.3) is 0 Å². The zero-order chi connectivity index (χ0) is 19.6. The summed E-state index contributed by atoms with van der Waals surface area (Å²) in [5.41, 5.74) is 1.26. The number of rotatable bonds is 5. The molecule has 0 unspecified atom stereocenters. The van der Waals surface area contributed by atoms with Gasteiger partial charge in [0.05, 0.1) is 18.5 Å². The number of amidine groups is 1. The highest BCUT2D eigenvalue weighted by molar-refractivity contribution is 8.13. The first-order valence-electron chi connectivity index (χ1n) is 8.20. The predicted octanol–water partition coefficient (Wildman–Crippen LogP) is 5.08. The van der Waals surface area contributed by atoms with Crippen molar-refractivity contribution < 1.29 is 14.3 Å². The number of methoxy groups -OCH3 is 1. The summed E-state index contributed by atoms with van der Waals surface area (Å²) >= 11 is 2.86. The number of nitrogens with zero attached hydrogens (tertiary/aromatic N) is 1. The maximum atomic E-state index is 11.9. The molecule has 0 heterocycles. The number of amides is 2. The highest BCUT2D eigenvalue weighted by Gasteiger charge is 2.11. The number of anilines is 2. The maximum absolute atomic E-state index is 11.9. The number of aliphatic imine (C=N–C) groups is 1. The highest BCUT2D eigenvalue weighted by atomic mass is 32.2. The minimum atomic E-state index is -0.692. The average Bonchev–Trinajstić information content (AvgIpc) is 2.69. The molecule has 0 aromatic heterocycles. The largest absolute Gasteiger partial charge is 0.451 e. The Morgan fingerprint density at radius 1 is 1.04 bits per heavy atom. The predicted molar refractivity (Wildman–Crippen MR) is 113 cm³/mol. The standard InChI is InChI=1S/C19H21N3O3S2/c1-4-17(23)20-16-12-14(27-13-8-6-5-7-9-13)10-11-15(16)21-18(26-3)22-19(24)25-2/h5-12H,4H2,1-3H3,(H,20,23)(H,21,22,24). The third-order valence-corrected chi connectivity index (χ3v) is 4.95. The molecule has 0 atom stereocenters. The van der Waals surface area contributed by atoms with Crippen molar-refractivity contribution in [2.24, 2.45) is 4.99 Å². The molecule has 2 rings (SSSR count). The molecule has 0 radical (unpaired) electrons. The van der Waals surface area contributed by atoms with E-state index in [0.29, 0.717) is 23.0 Å². The first-order valence-corrected chi connectivity index (χ1v) is 10.2. The minimum Gasteiger partial charge on any atom is -0.451 e. The van der Waals surface area contributed by atoms with E-state index < -0.39 is 6.09 Å². The SMILES string of the molecule is CCC(=O)Nc1cc(Sc2ccccc2)ccc1NC(=NC(=O)OC)SC. The molecule has 27 heavy (non-hydrogen) atoms. The van der Waals surface area contributed by atoms with Gasteiger partial charge in [0, 0.05) is 16.2 Å². The zero-order valence-corrected chi connectivity index (χ0v) is 16.9. The van der Waals surface area contributed by atoms with Crippen LogP contribution in [0, 0.1) is 0 Å². The third-order valence-electron chi connectivity index (χ3n) is 3.37. The molecular weight excluding hydrogens is 382 g/mol. The van der Waals surface area contributed by atoms with Gasteiger partial charge in [-0.1, -0.05) is 48.6 Å². The van der Waals surface area contributed by atoms with Gasteiger partial charge in [-0.25, -0.2) is 4.79 Å². The monoisotopic (exact) mass is 403 g/mol. The van der Waals surface area contributed by atoms with Crippen molar-refractivity contribution in [3.8, 4) is 0 Å². The number of hydrogen-bond acceptors (Lipinski definition) is 5. The molecule has 2 aromatic rings. The molecular formula is C19H21N3O3S2. The van der Waals surface area contributed by atoms with Gasteiger partial charge in [-0.05, 0) is 36.6 Å². The first kappa shape index (κ1) is 20.9. The molecule has 0 saturated heterocycles. The van der Waals surface area contributed by atoms with E-state index in [1.54, 1.807) is 24.9 Å². The second-order valence-electron chi connectivity index (χ2n) is 5.24. The van der Waals surface area contributed by atoms with Gasteiger partial charge < -0.3 is 15.4 Å². The number of nitrogens with one attached hydrogen (secondary N) is 2. The van der Waals surface area contributed by atoms with E-state index in [4.69, 9.17) is 0 Å². The Morgan fingerprint density at radius 2 is 1.78 bits per heavy atom. The summed E-state index contributed by atoms with van der Waals surface area (Å²) in [7, 11) is 1.27. The van der Waals surface area contributed by atoms with Gasteiger partial charge in [0.15, 0.2) is 5.17 Å². The van der Waals surface area contributed by atoms with Gasteiger partial charge in [-0.3, -0.25) is 4.79 Å². The van der Waals surface area contributed by atoms with Crippen molar-refractivity contribution in [1.82, 2.24) is 0 Å². The Morgan fingerprint density at radius 3 is 2.41 bits per heavy atom. The van der Waals surface area contributed by atoms with Crippen LogP contribution in [0.15, 0.2) is 63.3 Å². The molecule has 8 heteroatoms.